The van der Waals surface area contributed by atoms with Crippen LogP contribution in [0.4, 0.5) is 5.69 Å². The highest BCUT2D eigenvalue weighted by Gasteiger charge is 2.31. The Kier molecular flexibility index (Phi) is 10.6. The number of rotatable bonds is 8. The molecule has 1 fully saturated rings. The molecule has 1 atom stereocenters. The second-order valence-corrected chi connectivity index (χ2v) is 7.75. The van der Waals surface area contributed by atoms with E-state index in [-0.39, 0.29) is 41.8 Å². The summed E-state index contributed by atoms with van der Waals surface area (Å²) in [5.41, 5.74) is 2.63. The Morgan fingerprint density at radius 1 is 1.06 bits per heavy atom. The number of hydrogen-bond acceptors (Lipinski definition) is 3. The summed E-state index contributed by atoms with van der Waals surface area (Å²) in [6.45, 7) is 9.20. The van der Waals surface area contributed by atoms with Gasteiger partial charge in [0.15, 0.2) is 5.96 Å². The molecular formula is C25H34IN5O2. The Labute approximate surface area is 213 Å². The van der Waals surface area contributed by atoms with Gasteiger partial charge in [-0.3, -0.25) is 9.59 Å². The van der Waals surface area contributed by atoms with Gasteiger partial charge in [-0.25, -0.2) is 4.99 Å². The average Bonchev–Trinajstić information content (AvgIpc) is 3.19. The van der Waals surface area contributed by atoms with Gasteiger partial charge in [0.05, 0.1) is 12.6 Å². The lowest BCUT2D eigenvalue weighted by atomic mass is 10.1. The molecular weight excluding hydrogens is 529 g/mol. The molecule has 2 amide bonds. The van der Waals surface area contributed by atoms with Crippen molar-refractivity contribution in [2.24, 2.45) is 4.99 Å². The van der Waals surface area contributed by atoms with Crippen LogP contribution in [0.2, 0.25) is 0 Å². The molecule has 33 heavy (non-hydrogen) atoms. The van der Waals surface area contributed by atoms with Crippen molar-refractivity contribution < 1.29 is 9.59 Å². The fourth-order valence-corrected chi connectivity index (χ4v) is 3.79. The summed E-state index contributed by atoms with van der Waals surface area (Å²) in [5, 5.41) is 6.65. The van der Waals surface area contributed by atoms with E-state index in [4.69, 9.17) is 0 Å². The first-order valence-corrected chi connectivity index (χ1v) is 11.3. The maximum Gasteiger partial charge on any atom is 0.253 e. The number of nitrogens with one attached hydrogen (secondary N) is 2. The number of carbonyl (C=O) groups excluding carboxylic acids is 2. The minimum absolute atomic E-state index is 0. The predicted octanol–water partition coefficient (Wildman–Crippen LogP) is 3.65. The van der Waals surface area contributed by atoms with Crippen LogP contribution in [0.1, 0.15) is 43.1 Å². The molecule has 7 nitrogen and oxygen atoms in total. The third-order valence-corrected chi connectivity index (χ3v) is 5.55. The van der Waals surface area contributed by atoms with Crippen LogP contribution in [0.25, 0.3) is 0 Å². The maximum absolute atomic E-state index is 12.5. The van der Waals surface area contributed by atoms with Crippen LogP contribution in [0.15, 0.2) is 59.6 Å². The zero-order valence-electron chi connectivity index (χ0n) is 19.6. The van der Waals surface area contributed by atoms with Gasteiger partial charge in [-0.2, -0.15) is 0 Å². The molecule has 1 aliphatic rings. The molecule has 0 bridgehead atoms. The number of aliphatic imine (C=N–C) groups is 1. The second-order valence-electron chi connectivity index (χ2n) is 7.75. The first kappa shape index (κ1) is 26.6. The van der Waals surface area contributed by atoms with E-state index < -0.39 is 0 Å². The van der Waals surface area contributed by atoms with Crippen molar-refractivity contribution in [1.29, 1.82) is 0 Å². The molecule has 1 aliphatic heterocycles. The predicted molar refractivity (Wildman–Crippen MR) is 144 cm³/mol. The van der Waals surface area contributed by atoms with Crippen molar-refractivity contribution in [3.63, 3.8) is 0 Å². The Morgan fingerprint density at radius 2 is 1.73 bits per heavy atom. The van der Waals surface area contributed by atoms with Gasteiger partial charge in [-0.15, -0.1) is 24.0 Å². The Balaban J connectivity index is 0.00000385. The van der Waals surface area contributed by atoms with E-state index in [0.29, 0.717) is 44.1 Å². The van der Waals surface area contributed by atoms with Crippen LogP contribution in [0.5, 0.6) is 0 Å². The molecule has 3 rings (SSSR count). The minimum atomic E-state index is -0.00502. The van der Waals surface area contributed by atoms with E-state index in [1.807, 2.05) is 85.2 Å². The molecule has 1 saturated heterocycles. The van der Waals surface area contributed by atoms with Crippen LogP contribution < -0.4 is 15.5 Å². The first-order valence-electron chi connectivity index (χ1n) is 11.3. The van der Waals surface area contributed by atoms with Crippen LogP contribution in [0.3, 0.4) is 0 Å². The molecule has 2 aromatic rings. The van der Waals surface area contributed by atoms with Crippen LogP contribution in [-0.4, -0.2) is 54.9 Å². The van der Waals surface area contributed by atoms with Crippen molar-refractivity contribution in [2.75, 3.05) is 31.1 Å². The van der Waals surface area contributed by atoms with E-state index >= 15 is 0 Å². The van der Waals surface area contributed by atoms with Crippen molar-refractivity contribution >= 4 is 47.4 Å². The lowest BCUT2D eigenvalue weighted by Gasteiger charge is -2.19. The molecule has 178 valence electrons. The number of para-hydroxylation sites is 1. The fourth-order valence-electron chi connectivity index (χ4n) is 3.79. The summed E-state index contributed by atoms with van der Waals surface area (Å²) < 4.78 is 0. The van der Waals surface area contributed by atoms with E-state index in [2.05, 4.69) is 15.6 Å². The number of hydrogen-bond donors (Lipinski definition) is 2. The highest BCUT2D eigenvalue weighted by atomic mass is 127. The number of benzene rings is 2. The van der Waals surface area contributed by atoms with Crippen LogP contribution in [-0.2, 0) is 11.3 Å². The minimum Gasteiger partial charge on any atom is -0.357 e. The molecule has 2 aromatic carbocycles. The summed E-state index contributed by atoms with van der Waals surface area (Å²) in [6, 6.07) is 17.3. The molecule has 8 heteroatoms. The molecule has 0 aromatic heterocycles. The first-order chi connectivity index (χ1) is 15.5. The average molecular weight is 563 g/mol. The number of amides is 2. The van der Waals surface area contributed by atoms with Gasteiger partial charge in [-0.1, -0.05) is 30.3 Å². The second kappa shape index (κ2) is 13.2. The number of guanidine groups is 1. The van der Waals surface area contributed by atoms with Gasteiger partial charge >= 0.3 is 0 Å². The van der Waals surface area contributed by atoms with Gasteiger partial charge in [0, 0.05) is 43.9 Å². The quantitative estimate of drug-likeness (QED) is 0.292. The summed E-state index contributed by atoms with van der Waals surface area (Å²) in [4.78, 5) is 33.2. The van der Waals surface area contributed by atoms with Gasteiger partial charge in [-0.05, 0) is 50.6 Å². The van der Waals surface area contributed by atoms with Gasteiger partial charge in [0.1, 0.15) is 0 Å². The largest absolute Gasteiger partial charge is 0.357 e. The molecule has 0 saturated carbocycles. The van der Waals surface area contributed by atoms with Gasteiger partial charge in [0.25, 0.3) is 5.91 Å². The monoisotopic (exact) mass is 563 g/mol. The summed E-state index contributed by atoms with van der Waals surface area (Å²) in [7, 11) is 0. The SMILES string of the molecule is CCNC(=NCc1ccc(C(=O)N(CC)CC)cc1)NC1CC(=O)N(c2ccccc2)C1.I. The normalized spacial score (nSPS) is 15.7. The maximum atomic E-state index is 12.5. The third kappa shape index (κ3) is 7.18. The zero-order valence-corrected chi connectivity index (χ0v) is 21.9. The molecule has 2 N–H and O–H groups in total. The standard InChI is InChI=1S/C25H33N5O2.HI/c1-4-26-25(28-21-16-23(31)30(18-21)22-10-8-7-9-11-22)27-17-19-12-14-20(15-13-19)24(32)29(5-2)6-3;/h7-15,21H,4-6,16-18H2,1-3H3,(H2,26,27,28);1H. The van der Waals surface area contributed by atoms with Gasteiger partial charge in [0.2, 0.25) is 5.91 Å². The van der Waals surface area contributed by atoms with Crippen molar-refractivity contribution in [3.05, 3.63) is 65.7 Å². The number of nitrogens with zero attached hydrogens (tertiary/aromatic N) is 3. The summed E-state index contributed by atoms with van der Waals surface area (Å²) in [6.07, 6.45) is 0.432. The van der Waals surface area contributed by atoms with E-state index in [0.717, 1.165) is 17.8 Å². The summed E-state index contributed by atoms with van der Waals surface area (Å²) in [5.74, 6) is 0.843. The Hall–Kier alpha value is -2.62. The van der Waals surface area contributed by atoms with E-state index in [1.54, 1.807) is 0 Å². The molecule has 0 aliphatic carbocycles. The number of halogens is 1. The van der Waals surface area contributed by atoms with Crippen LogP contribution in [0, 0.1) is 0 Å². The molecule has 1 unspecified atom stereocenters. The van der Waals surface area contributed by atoms with E-state index in [1.165, 1.54) is 0 Å². The van der Waals surface area contributed by atoms with E-state index in [9.17, 15) is 9.59 Å². The highest BCUT2D eigenvalue weighted by Crippen LogP contribution is 2.21. The topological polar surface area (TPSA) is 77.0 Å². The number of carbonyl (C=O) groups is 2. The van der Waals surface area contributed by atoms with Gasteiger partial charge < -0.3 is 20.4 Å². The van der Waals surface area contributed by atoms with Crippen molar-refractivity contribution in [3.8, 4) is 0 Å². The van der Waals surface area contributed by atoms with Crippen molar-refractivity contribution in [2.45, 2.75) is 39.8 Å². The lowest BCUT2D eigenvalue weighted by Crippen LogP contribution is -2.44. The smallest absolute Gasteiger partial charge is 0.253 e. The highest BCUT2D eigenvalue weighted by molar-refractivity contribution is 14.0. The van der Waals surface area contributed by atoms with Crippen LogP contribution >= 0.6 is 24.0 Å². The molecule has 0 radical (unpaired) electrons. The third-order valence-electron chi connectivity index (χ3n) is 5.55. The number of anilines is 1. The van der Waals surface area contributed by atoms with Crippen molar-refractivity contribution in [1.82, 2.24) is 15.5 Å². The molecule has 1 heterocycles. The lowest BCUT2D eigenvalue weighted by molar-refractivity contribution is -0.117. The zero-order chi connectivity index (χ0) is 22.9. The molecule has 0 spiro atoms. The fraction of sp³-hybridized carbons (Fsp3) is 0.400. The Bertz CT molecular complexity index is 930. The Morgan fingerprint density at radius 3 is 2.33 bits per heavy atom. The summed E-state index contributed by atoms with van der Waals surface area (Å²) >= 11 is 0.